The zero-order valence-corrected chi connectivity index (χ0v) is 17.7. The van der Waals surface area contributed by atoms with E-state index in [4.69, 9.17) is 9.84 Å². The van der Waals surface area contributed by atoms with Crippen molar-refractivity contribution >= 4 is 22.9 Å². The number of halogens is 1. The Morgan fingerprint density at radius 1 is 1.12 bits per heavy atom. The molecule has 3 aromatic carbocycles. The van der Waals surface area contributed by atoms with Gasteiger partial charge in [-0.25, -0.2) is 14.2 Å². The van der Waals surface area contributed by atoms with Crippen LogP contribution >= 0.6 is 0 Å². The van der Waals surface area contributed by atoms with Gasteiger partial charge in [0.15, 0.2) is 0 Å². The van der Waals surface area contributed by atoms with Crippen molar-refractivity contribution in [3.05, 3.63) is 89.8 Å². The molecule has 0 atom stereocenters. The number of pyridine rings is 1. The first-order valence-electron chi connectivity index (χ1n) is 10.3. The Labute approximate surface area is 190 Å². The van der Waals surface area contributed by atoms with Crippen molar-refractivity contribution in [2.45, 2.75) is 6.92 Å². The van der Waals surface area contributed by atoms with E-state index in [1.807, 2.05) is 55.5 Å². The maximum Gasteiger partial charge on any atom is 0.328 e. The number of nitriles is 1. The highest BCUT2D eigenvalue weighted by atomic mass is 19.1. The number of carbonyl (C=O) groups is 1. The quantitative estimate of drug-likeness (QED) is 0.369. The first-order chi connectivity index (χ1) is 16.0. The van der Waals surface area contributed by atoms with Crippen molar-refractivity contribution in [1.29, 1.82) is 5.26 Å². The van der Waals surface area contributed by atoms with E-state index in [9.17, 15) is 14.4 Å². The minimum atomic E-state index is -1.17. The number of hydrogen-bond acceptors (Lipinski definition) is 4. The number of hydrogen-bond donors (Lipinski definition) is 1. The summed E-state index contributed by atoms with van der Waals surface area (Å²) in [6, 6.07) is 21.4. The van der Waals surface area contributed by atoms with Crippen LogP contribution in [-0.2, 0) is 4.79 Å². The molecule has 0 fully saturated rings. The molecule has 0 saturated heterocycles. The molecule has 1 heterocycles. The van der Waals surface area contributed by atoms with E-state index >= 15 is 0 Å². The van der Waals surface area contributed by atoms with Gasteiger partial charge in [-0.2, -0.15) is 5.26 Å². The van der Waals surface area contributed by atoms with Crippen molar-refractivity contribution in [3.8, 4) is 34.2 Å². The third-order valence-corrected chi connectivity index (χ3v) is 5.15. The normalized spacial score (nSPS) is 10.9. The van der Waals surface area contributed by atoms with Gasteiger partial charge in [0, 0.05) is 28.2 Å². The Bertz CT molecular complexity index is 1420. The zero-order chi connectivity index (χ0) is 23.4. The molecule has 4 rings (SSSR count). The summed E-state index contributed by atoms with van der Waals surface area (Å²) in [7, 11) is 0. The van der Waals surface area contributed by atoms with Crippen LogP contribution in [0.5, 0.6) is 5.75 Å². The van der Waals surface area contributed by atoms with Crippen LogP contribution in [-0.4, -0.2) is 22.7 Å². The lowest BCUT2D eigenvalue weighted by atomic mass is 9.95. The standard InChI is InChI=1S/C27H19FN2O3/c1-2-33-25-6-4-3-5-20(25)17-7-9-18(10-8-17)27-23(16-29)21(12-14-26(31)32)22-15-19(28)11-13-24(22)30-27/h3-15H,2H2,1H3,(H,31,32). The van der Waals surface area contributed by atoms with E-state index in [1.165, 1.54) is 24.3 Å². The zero-order valence-electron chi connectivity index (χ0n) is 17.7. The number of rotatable bonds is 6. The van der Waals surface area contributed by atoms with Crippen LogP contribution < -0.4 is 4.74 Å². The SMILES string of the molecule is CCOc1ccccc1-c1ccc(-c2nc3ccc(F)cc3c(C=CC(=O)O)c2C#N)cc1. The van der Waals surface area contributed by atoms with Gasteiger partial charge in [0.05, 0.1) is 23.4 Å². The van der Waals surface area contributed by atoms with E-state index < -0.39 is 11.8 Å². The van der Waals surface area contributed by atoms with Gasteiger partial charge in [0.25, 0.3) is 0 Å². The molecular weight excluding hydrogens is 419 g/mol. The maximum absolute atomic E-state index is 13.9. The molecule has 162 valence electrons. The van der Waals surface area contributed by atoms with Gasteiger partial charge < -0.3 is 9.84 Å². The number of aromatic nitrogens is 1. The van der Waals surface area contributed by atoms with Crippen molar-refractivity contribution in [1.82, 2.24) is 4.98 Å². The molecular formula is C27H19FN2O3. The van der Waals surface area contributed by atoms with Gasteiger partial charge in [-0.15, -0.1) is 0 Å². The molecule has 6 heteroatoms. The Kier molecular flexibility index (Phi) is 6.14. The van der Waals surface area contributed by atoms with Crippen molar-refractivity contribution in [2.75, 3.05) is 6.61 Å². The smallest absolute Gasteiger partial charge is 0.328 e. The lowest BCUT2D eigenvalue weighted by molar-refractivity contribution is -0.131. The average Bonchev–Trinajstić information content (AvgIpc) is 2.82. The summed E-state index contributed by atoms with van der Waals surface area (Å²) in [5, 5.41) is 19.4. The van der Waals surface area contributed by atoms with E-state index in [1.54, 1.807) is 0 Å². The van der Waals surface area contributed by atoms with Crippen LogP contribution in [0.25, 0.3) is 39.4 Å². The minimum absolute atomic E-state index is 0.174. The molecule has 0 aliphatic rings. The largest absolute Gasteiger partial charge is 0.493 e. The predicted molar refractivity (Wildman–Crippen MR) is 125 cm³/mol. The van der Waals surface area contributed by atoms with Crippen LogP contribution in [0.15, 0.2) is 72.8 Å². The van der Waals surface area contributed by atoms with E-state index in [2.05, 4.69) is 11.1 Å². The highest BCUT2D eigenvalue weighted by Crippen LogP contribution is 2.34. The van der Waals surface area contributed by atoms with Gasteiger partial charge >= 0.3 is 5.97 Å². The third kappa shape index (κ3) is 4.43. The van der Waals surface area contributed by atoms with Crippen LogP contribution in [0.1, 0.15) is 18.1 Å². The molecule has 1 N–H and O–H groups in total. The molecule has 1 aromatic heterocycles. The first kappa shape index (κ1) is 21.7. The molecule has 4 aromatic rings. The second kappa shape index (κ2) is 9.33. The van der Waals surface area contributed by atoms with Crippen LogP contribution in [0.2, 0.25) is 0 Å². The molecule has 0 saturated carbocycles. The highest BCUT2D eigenvalue weighted by Gasteiger charge is 2.16. The third-order valence-electron chi connectivity index (χ3n) is 5.15. The van der Waals surface area contributed by atoms with Crippen LogP contribution in [0.4, 0.5) is 4.39 Å². The summed E-state index contributed by atoms with van der Waals surface area (Å²) in [5.74, 6) is -0.889. The number of benzene rings is 3. The molecule has 5 nitrogen and oxygen atoms in total. The Morgan fingerprint density at radius 2 is 1.85 bits per heavy atom. The van der Waals surface area contributed by atoms with E-state index in [0.29, 0.717) is 34.3 Å². The summed E-state index contributed by atoms with van der Waals surface area (Å²) in [6.07, 6.45) is 2.23. The first-order valence-corrected chi connectivity index (χ1v) is 10.3. The van der Waals surface area contributed by atoms with Gasteiger partial charge in [-0.3, -0.25) is 0 Å². The van der Waals surface area contributed by atoms with Crippen molar-refractivity contribution < 1.29 is 19.0 Å². The summed E-state index contributed by atoms with van der Waals surface area (Å²) in [4.78, 5) is 15.7. The average molecular weight is 438 g/mol. The lowest BCUT2D eigenvalue weighted by Crippen LogP contribution is -1.98. The fraction of sp³-hybridized carbons (Fsp3) is 0.0741. The minimum Gasteiger partial charge on any atom is -0.493 e. The predicted octanol–water partition coefficient (Wildman–Crippen LogP) is 6.08. The number of fused-ring (bicyclic) bond motifs is 1. The highest BCUT2D eigenvalue weighted by molar-refractivity contribution is 5.97. The van der Waals surface area contributed by atoms with Crippen molar-refractivity contribution in [2.24, 2.45) is 0 Å². The molecule has 0 unspecified atom stereocenters. The van der Waals surface area contributed by atoms with Crippen LogP contribution in [0.3, 0.4) is 0 Å². The maximum atomic E-state index is 13.9. The number of para-hydroxylation sites is 1. The van der Waals surface area contributed by atoms with E-state index in [-0.39, 0.29) is 5.56 Å². The number of carboxylic acid groups (broad SMARTS) is 1. The Balaban J connectivity index is 1.87. The molecule has 0 aliphatic carbocycles. The number of carboxylic acids is 1. The van der Waals surface area contributed by atoms with E-state index in [0.717, 1.165) is 23.0 Å². The van der Waals surface area contributed by atoms with Crippen molar-refractivity contribution in [3.63, 3.8) is 0 Å². The summed E-state index contributed by atoms with van der Waals surface area (Å²) in [6.45, 7) is 2.48. The monoisotopic (exact) mass is 438 g/mol. The topological polar surface area (TPSA) is 83.2 Å². The number of ether oxygens (including phenoxy) is 1. The molecule has 0 amide bonds. The number of aliphatic carboxylic acids is 1. The summed E-state index contributed by atoms with van der Waals surface area (Å²) in [5.41, 5.74) is 3.90. The Hall–Kier alpha value is -4.50. The molecule has 0 bridgehead atoms. The van der Waals surface area contributed by atoms with Gasteiger partial charge in [0.1, 0.15) is 17.6 Å². The molecule has 33 heavy (non-hydrogen) atoms. The van der Waals surface area contributed by atoms with Gasteiger partial charge in [-0.05, 0) is 42.8 Å². The molecule has 0 radical (unpaired) electrons. The molecule has 0 aliphatic heterocycles. The van der Waals surface area contributed by atoms with Gasteiger partial charge in [0.2, 0.25) is 0 Å². The number of nitrogens with zero attached hydrogens (tertiary/aromatic N) is 2. The lowest BCUT2D eigenvalue weighted by Gasteiger charge is -2.13. The fourth-order valence-corrected chi connectivity index (χ4v) is 3.70. The molecule has 0 spiro atoms. The Morgan fingerprint density at radius 3 is 2.55 bits per heavy atom. The summed E-state index contributed by atoms with van der Waals surface area (Å²) >= 11 is 0. The second-order valence-electron chi connectivity index (χ2n) is 7.20. The summed E-state index contributed by atoms with van der Waals surface area (Å²) < 4.78 is 19.6. The fourth-order valence-electron chi connectivity index (χ4n) is 3.70. The second-order valence-corrected chi connectivity index (χ2v) is 7.20. The van der Waals surface area contributed by atoms with Gasteiger partial charge in [-0.1, -0.05) is 42.5 Å². The van der Waals surface area contributed by atoms with Crippen LogP contribution in [0, 0.1) is 17.1 Å².